The van der Waals surface area contributed by atoms with Crippen molar-refractivity contribution in [2.24, 2.45) is 0 Å². The molecular formula is C23H29N9O12P2S. The lowest BCUT2D eigenvalue weighted by Crippen LogP contribution is -2.38. The first-order chi connectivity index (χ1) is 22.4. The molecule has 4 aromatic heterocycles. The molecule has 2 bridgehead atoms. The fraction of sp³-hybridized carbons (Fsp3) is 0.522. The van der Waals surface area contributed by atoms with E-state index in [1.165, 1.54) is 28.0 Å². The number of imidazole rings is 1. The number of hydrogen-bond donors (Lipinski definition) is 6. The van der Waals surface area contributed by atoms with Crippen LogP contribution in [0.25, 0.3) is 22.2 Å². The monoisotopic (exact) mass is 717 g/mol. The van der Waals surface area contributed by atoms with Gasteiger partial charge in [0.25, 0.3) is 5.56 Å². The van der Waals surface area contributed by atoms with Crippen LogP contribution in [0.1, 0.15) is 19.4 Å². The molecule has 0 radical (unpaired) electrons. The largest absolute Gasteiger partial charge is 0.472 e. The van der Waals surface area contributed by atoms with Crippen molar-refractivity contribution in [2.45, 2.75) is 56.0 Å². The van der Waals surface area contributed by atoms with E-state index in [0.29, 0.717) is 11.0 Å². The van der Waals surface area contributed by atoms with Gasteiger partial charge in [0, 0.05) is 12.8 Å². The van der Waals surface area contributed by atoms with Crippen molar-refractivity contribution in [3.05, 3.63) is 35.3 Å². The van der Waals surface area contributed by atoms with Crippen LogP contribution in [0.3, 0.4) is 0 Å². The Morgan fingerprint density at radius 3 is 2.62 bits per heavy atom. The van der Waals surface area contributed by atoms with Gasteiger partial charge in [-0.15, -0.1) is 0 Å². The SMILES string of the molecule is CCOC1[C@H]2COP(=O)(O)OC3[C@@H](COP(O)(=S)O[C@@H]1[C@H](n1cnc4c(=O)[nH]c(N)nc41)O2)O[C@@H](n1ccc2c(N)ncnc21)[C@H]3O. The van der Waals surface area contributed by atoms with E-state index in [4.69, 9.17) is 55.6 Å². The Kier molecular flexibility index (Phi) is 8.45. The normalized spacial score (nSPS) is 36.6. The van der Waals surface area contributed by atoms with E-state index in [0.717, 1.165) is 0 Å². The van der Waals surface area contributed by atoms with Crippen LogP contribution >= 0.6 is 14.5 Å². The second-order valence-electron chi connectivity index (χ2n) is 10.7. The fourth-order valence-electron chi connectivity index (χ4n) is 5.82. The highest BCUT2D eigenvalue weighted by Gasteiger charge is 2.54. The van der Waals surface area contributed by atoms with Gasteiger partial charge in [0.1, 0.15) is 54.4 Å². The molecule has 10 atom stereocenters. The molecule has 8 N–H and O–H groups in total. The molecule has 3 fully saturated rings. The van der Waals surface area contributed by atoms with Crippen molar-refractivity contribution in [1.29, 1.82) is 0 Å². The summed E-state index contributed by atoms with van der Waals surface area (Å²) >= 11 is 5.36. The maximum absolute atomic E-state index is 13.3. The Morgan fingerprint density at radius 1 is 1.06 bits per heavy atom. The number of H-pyrrole nitrogens is 1. The van der Waals surface area contributed by atoms with E-state index in [1.807, 2.05) is 0 Å². The third-order valence-corrected chi connectivity index (χ3v) is 10.4. The molecule has 254 valence electrons. The quantitative estimate of drug-likeness (QED) is 0.144. The van der Waals surface area contributed by atoms with E-state index in [9.17, 15) is 24.3 Å². The van der Waals surface area contributed by atoms with E-state index in [-0.39, 0.29) is 29.5 Å². The number of nitrogens with one attached hydrogen (secondary N) is 1. The number of aliphatic hydroxyl groups excluding tert-OH is 1. The number of fused-ring (bicyclic) bond motifs is 5. The molecule has 0 spiro atoms. The van der Waals surface area contributed by atoms with Gasteiger partial charge in [0.2, 0.25) is 5.95 Å². The van der Waals surface area contributed by atoms with Crippen molar-refractivity contribution in [1.82, 2.24) is 34.1 Å². The molecule has 4 aromatic rings. The van der Waals surface area contributed by atoms with Gasteiger partial charge in [0.05, 0.1) is 24.9 Å². The van der Waals surface area contributed by atoms with Crippen LogP contribution < -0.4 is 17.0 Å². The first-order valence-corrected chi connectivity index (χ1v) is 18.2. The van der Waals surface area contributed by atoms with Crippen LogP contribution in [0.2, 0.25) is 0 Å². The summed E-state index contributed by atoms with van der Waals surface area (Å²) in [4.78, 5) is 53.3. The smallest absolute Gasteiger partial charge is 0.386 e. The van der Waals surface area contributed by atoms with Gasteiger partial charge < -0.3 is 49.7 Å². The third kappa shape index (κ3) is 5.99. The molecule has 4 unspecified atom stereocenters. The Balaban J connectivity index is 1.23. The molecule has 0 amide bonds. The van der Waals surface area contributed by atoms with Crippen LogP contribution in [0.15, 0.2) is 29.7 Å². The number of phosphoric acid groups is 1. The first kappa shape index (κ1) is 32.6. The average Bonchev–Trinajstić information content (AvgIpc) is 3.76. The summed E-state index contributed by atoms with van der Waals surface area (Å²) in [6.45, 7) is -3.57. The number of anilines is 2. The lowest BCUT2D eigenvalue weighted by atomic mass is 10.1. The zero-order chi connectivity index (χ0) is 33.2. The maximum Gasteiger partial charge on any atom is 0.472 e. The third-order valence-electron chi connectivity index (χ3n) is 7.81. The molecule has 3 aliphatic rings. The highest BCUT2D eigenvalue weighted by atomic mass is 32.5. The lowest BCUT2D eigenvalue weighted by molar-refractivity contribution is -0.0657. The van der Waals surface area contributed by atoms with Gasteiger partial charge in [-0.25, -0.2) is 19.5 Å². The summed E-state index contributed by atoms with van der Waals surface area (Å²) in [6.07, 6.45) is -6.27. The van der Waals surface area contributed by atoms with Crippen molar-refractivity contribution in [3.8, 4) is 0 Å². The highest BCUT2D eigenvalue weighted by molar-refractivity contribution is 8.07. The molecular weight excluding hydrogens is 688 g/mol. The van der Waals surface area contributed by atoms with E-state index >= 15 is 0 Å². The Bertz CT molecular complexity index is 1980. The zero-order valence-electron chi connectivity index (χ0n) is 24.2. The summed E-state index contributed by atoms with van der Waals surface area (Å²) in [6, 6.07) is 1.61. The number of nitrogen functional groups attached to an aromatic ring is 2. The van der Waals surface area contributed by atoms with Gasteiger partial charge in [-0.1, -0.05) is 0 Å². The minimum Gasteiger partial charge on any atom is -0.386 e. The molecule has 3 saturated heterocycles. The van der Waals surface area contributed by atoms with E-state index in [1.54, 1.807) is 13.0 Å². The maximum atomic E-state index is 13.3. The number of nitrogens with two attached hydrogens (primary N) is 2. The molecule has 7 rings (SSSR count). The fourth-order valence-corrected chi connectivity index (χ4v) is 8.19. The lowest BCUT2D eigenvalue weighted by Gasteiger charge is -2.28. The van der Waals surface area contributed by atoms with Gasteiger partial charge in [-0.2, -0.15) is 4.98 Å². The number of nitrogens with zero attached hydrogens (tertiary/aromatic N) is 6. The molecule has 7 heterocycles. The Morgan fingerprint density at radius 2 is 1.83 bits per heavy atom. The van der Waals surface area contributed by atoms with Gasteiger partial charge in [-0.3, -0.25) is 27.9 Å². The van der Waals surface area contributed by atoms with Gasteiger partial charge in [-0.05, 0) is 24.8 Å². The average molecular weight is 718 g/mol. The summed E-state index contributed by atoms with van der Waals surface area (Å²) in [5.41, 5.74) is 11.3. The van der Waals surface area contributed by atoms with Crippen molar-refractivity contribution < 1.29 is 51.8 Å². The number of aromatic amines is 1. The summed E-state index contributed by atoms with van der Waals surface area (Å²) in [5, 5.41) is 11.8. The Hall–Kier alpha value is -2.95. The predicted octanol–water partition coefficient (Wildman–Crippen LogP) is -0.576. The van der Waals surface area contributed by atoms with Crippen LogP contribution in [-0.4, -0.2) is 105 Å². The number of rotatable bonds is 4. The molecule has 0 aromatic carbocycles. The van der Waals surface area contributed by atoms with Crippen LogP contribution in [0.5, 0.6) is 0 Å². The first-order valence-electron chi connectivity index (χ1n) is 14.1. The number of ether oxygens (including phenoxy) is 3. The van der Waals surface area contributed by atoms with Gasteiger partial charge >= 0.3 is 14.5 Å². The molecule has 47 heavy (non-hydrogen) atoms. The molecule has 0 saturated carbocycles. The molecule has 3 aliphatic heterocycles. The molecule has 0 aliphatic carbocycles. The van der Waals surface area contributed by atoms with Crippen LogP contribution in [0.4, 0.5) is 11.8 Å². The van der Waals surface area contributed by atoms with Crippen molar-refractivity contribution in [2.75, 3.05) is 31.3 Å². The Labute approximate surface area is 268 Å². The molecule has 24 heteroatoms. The standard InChI is InChI=1S/C23H29N9O12P2S/c1-2-38-15-11-5-39-45(35,36)43-14-10(41-21(13(14)33)31-4-3-9-17(24)26-7-27-18(9)31)6-40-46(37,47)44-16(15)22(42-11)32-8-28-12-19(32)29-23(25)30-20(12)34/h3-4,7-8,10-11,13-16,21-22,33H,2,5-6H2,1H3,(H,35,36)(H,37,47)(H2,24,26,27)(H3,25,29,30,34)/t10-,11-,13+,14?,15?,16+,21-,22-,46?/m1/s1. The minimum absolute atomic E-state index is 0.0119. The van der Waals surface area contributed by atoms with Crippen molar-refractivity contribution in [3.63, 3.8) is 0 Å². The second kappa shape index (κ2) is 12.2. The topological polar surface area (TPSA) is 289 Å². The highest BCUT2D eigenvalue weighted by Crippen LogP contribution is 2.54. The number of aromatic nitrogens is 7. The van der Waals surface area contributed by atoms with Crippen LogP contribution in [0, 0.1) is 0 Å². The van der Waals surface area contributed by atoms with Crippen LogP contribution in [-0.2, 0) is 48.7 Å². The van der Waals surface area contributed by atoms with E-state index in [2.05, 4.69) is 24.9 Å². The second-order valence-corrected chi connectivity index (χ2v) is 14.9. The van der Waals surface area contributed by atoms with Gasteiger partial charge in [0.15, 0.2) is 23.6 Å². The van der Waals surface area contributed by atoms with E-state index < -0.39 is 82.4 Å². The van der Waals surface area contributed by atoms with Crippen molar-refractivity contribution >= 4 is 60.3 Å². The zero-order valence-corrected chi connectivity index (χ0v) is 26.8. The number of phosphoric ester groups is 1. The molecule has 21 nitrogen and oxygen atoms in total. The summed E-state index contributed by atoms with van der Waals surface area (Å²) in [5.74, 6) is -0.0162. The predicted molar refractivity (Wildman–Crippen MR) is 162 cm³/mol. The summed E-state index contributed by atoms with van der Waals surface area (Å²) in [7, 11) is -4.96. The summed E-state index contributed by atoms with van der Waals surface area (Å²) < 4.78 is 56.6. The minimum atomic E-state index is -4.96. The number of aliphatic hydroxyl groups is 1. The number of hydrogen-bond acceptors (Lipinski definition) is 17.